The molecule has 1 N–H and O–H groups in total. The Kier molecular flexibility index (Phi) is 5.51. The molecular formula is C21H28N6. The molecule has 0 amide bonds. The van der Waals surface area contributed by atoms with Crippen LogP contribution in [0.4, 0.5) is 5.82 Å². The molecule has 1 aliphatic carbocycles. The quantitative estimate of drug-likeness (QED) is 0.900. The van der Waals surface area contributed by atoms with Gasteiger partial charge in [-0.2, -0.15) is 5.26 Å². The largest absolute Gasteiger partial charge is 0.367 e. The second-order valence-corrected chi connectivity index (χ2v) is 7.90. The molecule has 2 aliphatic rings. The molecule has 2 aromatic rings. The van der Waals surface area contributed by atoms with E-state index in [0.717, 1.165) is 28.3 Å². The lowest BCUT2D eigenvalue weighted by Crippen LogP contribution is -2.50. The molecule has 1 aromatic heterocycles. The second kappa shape index (κ2) is 8.20. The van der Waals surface area contributed by atoms with Gasteiger partial charge in [-0.05, 0) is 50.4 Å². The van der Waals surface area contributed by atoms with Crippen molar-refractivity contribution in [3.05, 3.63) is 30.1 Å². The molecule has 0 atom stereocenters. The van der Waals surface area contributed by atoms with Crippen LogP contribution in [0.15, 0.2) is 24.5 Å². The van der Waals surface area contributed by atoms with Gasteiger partial charge >= 0.3 is 0 Å². The number of nitrogens with zero attached hydrogens (tertiary/aromatic N) is 5. The van der Waals surface area contributed by atoms with Crippen LogP contribution in [-0.4, -0.2) is 65.1 Å². The van der Waals surface area contributed by atoms with E-state index in [1.54, 1.807) is 6.33 Å². The Hall–Kier alpha value is -2.23. The van der Waals surface area contributed by atoms with Gasteiger partial charge in [-0.1, -0.05) is 6.07 Å². The number of hydrogen-bond donors (Lipinski definition) is 1. The first-order chi connectivity index (χ1) is 13.2. The molecular weight excluding hydrogens is 336 g/mol. The maximum absolute atomic E-state index is 8.89. The van der Waals surface area contributed by atoms with Crippen LogP contribution in [0.5, 0.6) is 0 Å². The average Bonchev–Trinajstić information content (AvgIpc) is 2.70. The molecule has 0 radical (unpaired) electrons. The highest BCUT2D eigenvalue weighted by Gasteiger charge is 2.27. The molecule has 4 rings (SSSR count). The van der Waals surface area contributed by atoms with Crippen molar-refractivity contribution in [2.45, 2.75) is 44.2 Å². The van der Waals surface area contributed by atoms with Crippen molar-refractivity contribution in [2.75, 3.05) is 38.5 Å². The highest BCUT2D eigenvalue weighted by molar-refractivity contribution is 5.89. The topological polar surface area (TPSA) is 68.1 Å². The smallest absolute Gasteiger partial charge is 0.137 e. The lowest BCUT2D eigenvalue weighted by atomic mass is 9.89. The number of nitriles is 1. The van der Waals surface area contributed by atoms with Crippen molar-refractivity contribution < 1.29 is 0 Å². The third-order valence-electron chi connectivity index (χ3n) is 6.08. The maximum atomic E-state index is 8.89. The summed E-state index contributed by atoms with van der Waals surface area (Å²) in [5.41, 5.74) is 1.91. The fourth-order valence-corrected chi connectivity index (χ4v) is 4.38. The first-order valence-electron chi connectivity index (χ1n) is 10.0. The van der Waals surface area contributed by atoms with Crippen molar-refractivity contribution in [1.29, 1.82) is 5.26 Å². The summed E-state index contributed by atoms with van der Waals surface area (Å²) in [6.45, 7) is 4.81. The summed E-state index contributed by atoms with van der Waals surface area (Å²) in [6.07, 6.45) is 6.94. The van der Waals surface area contributed by atoms with Crippen LogP contribution in [0, 0.1) is 11.3 Å². The summed E-state index contributed by atoms with van der Waals surface area (Å²) in [6, 6.07) is 9.46. The van der Waals surface area contributed by atoms with Crippen molar-refractivity contribution in [2.24, 2.45) is 0 Å². The molecule has 27 heavy (non-hydrogen) atoms. The summed E-state index contributed by atoms with van der Waals surface area (Å²) in [5, 5.41) is 13.6. The van der Waals surface area contributed by atoms with Gasteiger partial charge in [-0.3, -0.25) is 4.90 Å². The summed E-state index contributed by atoms with van der Waals surface area (Å²) in [5.74, 6) is 0.923. The van der Waals surface area contributed by atoms with Gasteiger partial charge in [0, 0.05) is 43.6 Å². The molecule has 2 fully saturated rings. The number of benzene rings is 1. The Morgan fingerprint density at radius 3 is 2.63 bits per heavy atom. The predicted molar refractivity (Wildman–Crippen MR) is 108 cm³/mol. The van der Waals surface area contributed by atoms with E-state index in [1.165, 1.54) is 51.9 Å². The van der Waals surface area contributed by atoms with Crippen LogP contribution < -0.4 is 5.32 Å². The number of piperazine rings is 1. The van der Waals surface area contributed by atoms with E-state index >= 15 is 0 Å². The van der Waals surface area contributed by atoms with E-state index in [4.69, 9.17) is 5.26 Å². The predicted octanol–water partition coefficient (Wildman–Crippen LogP) is 2.67. The van der Waals surface area contributed by atoms with Gasteiger partial charge in [-0.25, -0.2) is 9.97 Å². The molecule has 6 nitrogen and oxygen atoms in total. The SMILES string of the molecule is CN1CCN([C@H]2CC[C@H](Nc3ncnc4cc(CC#N)ccc34)CC2)CC1. The summed E-state index contributed by atoms with van der Waals surface area (Å²) < 4.78 is 0. The van der Waals surface area contributed by atoms with Crippen molar-refractivity contribution in [3.8, 4) is 6.07 Å². The first kappa shape index (κ1) is 18.1. The highest BCUT2D eigenvalue weighted by Crippen LogP contribution is 2.28. The number of aromatic nitrogens is 2. The van der Waals surface area contributed by atoms with Crippen molar-refractivity contribution >= 4 is 16.7 Å². The van der Waals surface area contributed by atoms with Crippen LogP contribution in [0.3, 0.4) is 0 Å². The molecule has 0 unspecified atom stereocenters. The molecule has 1 saturated carbocycles. The lowest BCUT2D eigenvalue weighted by Gasteiger charge is -2.41. The third-order valence-corrected chi connectivity index (χ3v) is 6.08. The monoisotopic (exact) mass is 364 g/mol. The van der Waals surface area contributed by atoms with Gasteiger partial charge in [0.1, 0.15) is 12.1 Å². The van der Waals surface area contributed by atoms with Gasteiger partial charge < -0.3 is 10.2 Å². The molecule has 6 heteroatoms. The van der Waals surface area contributed by atoms with Crippen LogP contribution in [0.25, 0.3) is 10.9 Å². The summed E-state index contributed by atoms with van der Waals surface area (Å²) in [4.78, 5) is 14.0. The minimum absolute atomic E-state index is 0.416. The first-order valence-corrected chi connectivity index (χ1v) is 10.0. The summed E-state index contributed by atoms with van der Waals surface area (Å²) >= 11 is 0. The maximum Gasteiger partial charge on any atom is 0.137 e. The number of fused-ring (bicyclic) bond motifs is 1. The van der Waals surface area contributed by atoms with E-state index < -0.39 is 0 Å². The number of rotatable bonds is 4. The normalized spacial score (nSPS) is 24.6. The van der Waals surface area contributed by atoms with Crippen LogP contribution in [0.1, 0.15) is 31.2 Å². The van der Waals surface area contributed by atoms with Crippen LogP contribution in [-0.2, 0) is 6.42 Å². The molecule has 142 valence electrons. The molecule has 1 aromatic carbocycles. The van der Waals surface area contributed by atoms with Gasteiger partial charge in [0.05, 0.1) is 18.0 Å². The van der Waals surface area contributed by atoms with Gasteiger partial charge in [0.2, 0.25) is 0 Å². The Bertz CT molecular complexity index is 813. The van der Waals surface area contributed by atoms with Gasteiger partial charge in [0.15, 0.2) is 0 Å². The summed E-state index contributed by atoms with van der Waals surface area (Å²) in [7, 11) is 2.22. The van der Waals surface area contributed by atoms with Crippen LogP contribution in [0.2, 0.25) is 0 Å². The fourth-order valence-electron chi connectivity index (χ4n) is 4.38. The third kappa shape index (κ3) is 4.20. The molecule has 0 spiro atoms. The van der Waals surface area contributed by atoms with E-state index in [1.807, 2.05) is 18.2 Å². The Balaban J connectivity index is 1.38. The van der Waals surface area contributed by atoms with Gasteiger partial charge in [-0.15, -0.1) is 0 Å². The average molecular weight is 364 g/mol. The molecule has 1 saturated heterocycles. The zero-order valence-corrected chi connectivity index (χ0v) is 16.1. The van der Waals surface area contributed by atoms with Crippen molar-refractivity contribution in [3.63, 3.8) is 0 Å². The molecule has 1 aliphatic heterocycles. The number of nitrogens with one attached hydrogen (secondary N) is 1. The standard InChI is InChI=1S/C21H28N6/c1-26-10-12-27(13-11-26)18-5-3-17(4-6-18)25-21-19-7-2-16(8-9-22)14-20(19)23-15-24-21/h2,7,14-15,17-18H,3-6,8,10-13H2,1H3,(H,23,24,25)/t17-,18-. The fraction of sp³-hybridized carbons (Fsp3) is 0.571. The highest BCUT2D eigenvalue weighted by atomic mass is 15.3. The van der Waals surface area contributed by atoms with Gasteiger partial charge in [0.25, 0.3) is 0 Å². The zero-order valence-electron chi connectivity index (χ0n) is 16.1. The second-order valence-electron chi connectivity index (χ2n) is 7.90. The van der Waals surface area contributed by atoms with Crippen molar-refractivity contribution in [1.82, 2.24) is 19.8 Å². The Morgan fingerprint density at radius 2 is 1.89 bits per heavy atom. The minimum atomic E-state index is 0.416. The Labute approximate surface area is 161 Å². The van der Waals surface area contributed by atoms with E-state index in [9.17, 15) is 0 Å². The molecule has 0 bridgehead atoms. The Morgan fingerprint density at radius 1 is 1.11 bits per heavy atom. The zero-order chi connectivity index (χ0) is 18.6. The number of anilines is 1. The van der Waals surface area contributed by atoms with E-state index in [0.29, 0.717) is 12.5 Å². The van der Waals surface area contributed by atoms with E-state index in [2.05, 4.69) is 38.2 Å². The minimum Gasteiger partial charge on any atom is -0.367 e. The number of hydrogen-bond acceptors (Lipinski definition) is 6. The van der Waals surface area contributed by atoms with Crippen LogP contribution >= 0.6 is 0 Å². The number of likely N-dealkylation sites (N-methyl/N-ethyl adjacent to an activating group) is 1. The van der Waals surface area contributed by atoms with E-state index in [-0.39, 0.29) is 0 Å². The lowest BCUT2D eigenvalue weighted by molar-refractivity contribution is 0.0894. The molecule has 2 heterocycles.